The van der Waals surface area contributed by atoms with E-state index < -0.39 is 17.8 Å². The fourth-order valence-corrected chi connectivity index (χ4v) is 2.44. The molecular weight excluding hydrogens is 357 g/mol. The van der Waals surface area contributed by atoms with E-state index in [1.54, 1.807) is 6.08 Å². The molecule has 0 radical (unpaired) electrons. The molecule has 134 valence electrons. The van der Waals surface area contributed by atoms with Gasteiger partial charge < -0.3 is 9.64 Å². The van der Waals surface area contributed by atoms with Gasteiger partial charge in [0.1, 0.15) is 0 Å². The fourth-order valence-electron chi connectivity index (χ4n) is 1.76. The van der Waals surface area contributed by atoms with Crippen molar-refractivity contribution in [3.05, 3.63) is 42.5 Å². The van der Waals surface area contributed by atoms with Crippen molar-refractivity contribution >= 4 is 17.9 Å². The van der Waals surface area contributed by atoms with Crippen LogP contribution in [0.4, 0.5) is 18.0 Å². The molecule has 2 aromatic rings. The van der Waals surface area contributed by atoms with Crippen LogP contribution in [0, 0.1) is 0 Å². The highest BCUT2D eigenvalue weighted by molar-refractivity contribution is 7.99. The molecule has 0 fully saturated rings. The van der Waals surface area contributed by atoms with Crippen molar-refractivity contribution in [2.75, 3.05) is 19.8 Å². The molecule has 0 unspecified atom stereocenters. The van der Waals surface area contributed by atoms with Gasteiger partial charge >= 0.3 is 18.3 Å². The van der Waals surface area contributed by atoms with E-state index in [1.165, 1.54) is 47.5 Å². The number of carbonyl (C=O) groups excluding carboxylic acids is 1. The Bertz CT molecular complexity index is 774. The average molecular weight is 372 g/mol. The van der Waals surface area contributed by atoms with Gasteiger partial charge in [0.15, 0.2) is 5.16 Å². The normalized spacial score (nSPS) is 11.2. The van der Waals surface area contributed by atoms with E-state index in [9.17, 15) is 18.0 Å². The van der Waals surface area contributed by atoms with Crippen molar-refractivity contribution in [3.63, 3.8) is 0 Å². The first-order valence-corrected chi connectivity index (χ1v) is 7.98. The van der Waals surface area contributed by atoms with Crippen LogP contribution in [-0.2, 0) is 6.18 Å². The molecular formula is C15H15F3N4O2S. The zero-order valence-electron chi connectivity index (χ0n) is 13.4. The van der Waals surface area contributed by atoms with Crippen molar-refractivity contribution in [2.45, 2.75) is 11.3 Å². The summed E-state index contributed by atoms with van der Waals surface area (Å²) in [6.45, 7) is 3.58. The van der Waals surface area contributed by atoms with Gasteiger partial charge in [-0.05, 0) is 18.2 Å². The molecule has 2 rings (SSSR count). The maximum Gasteiger partial charge on any atom is 0.417 e. The van der Waals surface area contributed by atoms with Crippen LogP contribution in [0.15, 0.2) is 42.1 Å². The summed E-state index contributed by atoms with van der Waals surface area (Å²) < 4.78 is 45.3. The van der Waals surface area contributed by atoms with Gasteiger partial charge in [0.2, 0.25) is 0 Å². The van der Waals surface area contributed by atoms with Crippen molar-refractivity contribution in [1.82, 2.24) is 19.7 Å². The monoisotopic (exact) mass is 372 g/mol. The Labute approximate surface area is 146 Å². The van der Waals surface area contributed by atoms with E-state index >= 15 is 0 Å². The molecule has 0 atom stereocenters. The number of amides is 1. The number of ether oxygens (including phenoxy) is 1. The number of alkyl halides is 3. The van der Waals surface area contributed by atoms with E-state index in [2.05, 4.69) is 16.8 Å². The molecule has 6 nitrogen and oxygen atoms in total. The van der Waals surface area contributed by atoms with Gasteiger partial charge in [-0.1, -0.05) is 29.0 Å². The van der Waals surface area contributed by atoms with Crippen LogP contribution >= 0.6 is 11.8 Å². The Morgan fingerprint density at radius 3 is 2.72 bits per heavy atom. The predicted octanol–water partition coefficient (Wildman–Crippen LogP) is 3.62. The number of aromatic nitrogens is 3. The molecule has 0 N–H and O–H groups in total. The molecule has 0 spiro atoms. The van der Waals surface area contributed by atoms with E-state index in [4.69, 9.17) is 4.74 Å². The van der Waals surface area contributed by atoms with Crippen molar-refractivity contribution < 1.29 is 22.7 Å². The number of hydrogen-bond acceptors (Lipinski definition) is 5. The maximum absolute atomic E-state index is 13.0. The largest absolute Gasteiger partial charge is 0.417 e. The lowest BCUT2D eigenvalue weighted by Gasteiger charge is -2.14. The second kappa shape index (κ2) is 7.60. The minimum absolute atomic E-state index is 0.132. The number of nitrogens with zero attached hydrogens (tertiary/aromatic N) is 4. The second-order valence-electron chi connectivity index (χ2n) is 5.01. The van der Waals surface area contributed by atoms with Crippen LogP contribution in [0.5, 0.6) is 6.01 Å². The zero-order valence-corrected chi connectivity index (χ0v) is 14.3. The summed E-state index contributed by atoms with van der Waals surface area (Å²) in [6, 6.07) is 4.38. The lowest BCUT2D eigenvalue weighted by molar-refractivity contribution is -0.137. The summed E-state index contributed by atoms with van der Waals surface area (Å²) in [5.74, 6) is 0.457. The van der Waals surface area contributed by atoms with E-state index in [1.807, 2.05) is 0 Å². The Morgan fingerprint density at radius 2 is 2.12 bits per heavy atom. The third kappa shape index (κ3) is 4.53. The highest BCUT2D eigenvalue weighted by Crippen LogP contribution is 2.32. The molecule has 0 saturated carbocycles. The van der Waals surface area contributed by atoms with E-state index in [-0.39, 0.29) is 16.9 Å². The van der Waals surface area contributed by atoms with Gasteiger partial charge in [-0.2, -0.15) is 13.2 Å². The van der Waals surface area contributed by atoms with Gasteiger partial charge in [-0.3, -0.25) is 0 Å². The molecule has 0 aliphatic heterocycles. The first-order valence-electron chi connectivity index (χ1n) is 7.00. The SMILES string of the molecule is C=CCSc1nnc(OC(=O)N(C)C)n1-c1cccc(C(F)(F)F)c1. The first-order chi connectivity index (χ1) is 11.7. The summed E-state index contributed by atoms with van der Waals surface area (Å²) in [6.07, 6.45) is -3.61. The highest BCUT2D eigenvalue weighted by Gasteiger charge is 2.31. The standard InChI is InChI=1S/C15H15F3N4O2S/c1-4-8-25-13-20-19-12(24-14(23)21(2)3)22(13)11-7-5-6-10(9-11)15(16,17)18/h4-7,9H,1,8H2,2-3H3. The molecule has 25 heavy (non-hydrogen) atoms. The Hall–Kier alpha value is -2.49. The number of thioether (sulfide) groups is 1. The van der Waals surface area contributed by atoms with Crippen LogP contribution in [0.3, 0.4) is 0 Å². The van der Waals surface area contributed by atoms with Gasteiger partial charge in [0, 0.05) is 19.8 Å². The molecule has 1 amide bonds. The van der Waals surface area contributed by atoms with E-state index in [0.717, 1.165) is 12.1 Å². The number of benzene rings is 1. The number of halogens is 3. The van der Waals surface area contributed by atoms with Crippen LogP contribution in [0.1, 0.15) is 5.56 Å². The molecule has 1 aromatic carbocycles. The highest BCUT2D eigenvalue weighted by atomic mass is 32.2. The Morgan fingerprint density at radius 1 is 1.40 bits per heavy atom. The first kappa shape index (κ1) is 18.8. The number of rotatable bonds is 5. The number of hydrogen-bond donors (Lipinski definition) is 0. The molecule has 0 saturated heterocycles. The summed E-state index contributed by atoms with van der Waals surface area (Å²) in [4.78, 5) is 12.9. The lowest BCUT2D eigenvalue weighted by Crippen LogP contribution is -2.26. The second-order valence-corrected chi connectivity index (χ2v) is 6.00. The van der Waals surface area contributed by atoms with Gasteiger partial charge in [0.25, 0.3) is 0 Å². The van der Waals surface area contributed by atoms with Crippen LogP contribution in [0.25, 0.3) is 5.69 Å². The smallest absolute Gasteiger partial charge is 0.374 e. The average Bonchev–Trinajstić information content (AvgIpc) is 2.94. The van der Waals surface area contributed by atoms with Crippen LogP contribution < -0.4 is 4.74 Å². The van der Waals surface area contributed by atoms with Gasteiger partial charge in [0.05, 0.1) is 11.3 Å². The molecule has 10 heteroatoms. The molecule has 0 aliphatic rings. The van der Waals surface area contributed by atoms with Gasteiger partial charge in [-0.15, -0.1) is 11.7 Å². The fraction of sp³-hybridized carbons (Fsp3) is 0.267. The van der Waals surface area contributed by atoms with Crippen LogP contribution in [-0.4, -0.2) is 45.6 Å². The van der Waals surface area contributed by atoms with Crippen molar-refractivity contribution in [2.24, 2.45) is 0 Å². The van der Waals surface area contributed by atoms with Crippen LogP contribution in [0.2, 0.25) is 0 Å². The number of carbonyl (C=O) groups is 1. The van der Waals surface area contributed by atoms with Gasteiger partial charge in [-0.25, -0.2) is 9.36 Å². The van der Waals surface area contributed by atoms with Crippen molar-refractivity contribution in [1.29, 1.82) is 0 Å². The molecule has 1 aromatic heterocycles. The predicted molar refractivity (Wildman–Crippen MR) is 87.0 cm³/mol. The Kier molecular flexibility index (Phi) is 5.73. The zero-order chi connectivity index (χ0) is 18.6. The summed E-state index contributed by atoms with van der Waals surface area (Å²) in [7, 11) is 2.95. The minimum atomic E-state index is -4.50. The summed E-state index contributed by atoms with van der Waals surface area (Å²) >= 11 is 1.20. The van der Waals surface area contributed by atoms with E-state index in [0.29, 0.717) is 5.75 Å². The third-order valence-electron chi connectivity index (χ3n) is 2.91. The molecule has 0 bridgehead atoms. The minimum Gasteiger partial charge on any atom is -0.374 e. The third-order valence-corrected chi connectivity index (χ3v) is 3.83. The lowest BCUT2D eigenvalue weighted by atomic mass is 10.2. The quantitative estimate of drug-likeness (QED) is 0.593. The summed E-state index contributed by atoms with van der Waals surface area (Å²) in [5.41, 5.74) is -0.698. The van der Waals surface area contributed by atoms with Crippen molar-refractivity contribution in [3.8, 4) is 11.7 Å². The summed E-state index contributed by atoms with van der Waals surface area (Å²) in [5, 5.41) is 7.93. The topological polar surface area (TPSA) is 60.3 Å². The molecule has 1 heterocycles. The molecule has 0 aliphatic carbocycles. The Balaban J connectivity index is 2.51. The maximum atomic E-state index is 13.0.